The number of rotatable bonds is 8. The lowest BCUT2D eigenvalue weighted by molar-refractivity contribution is 0.297. The molecular formula is C20H27N5O2. The summed E-state index contributed by atoms with van der Waals surface area (Å²) in [6, 6.07) is 8.14. The first-order valence-electron chi connectivity index (χ1n) is 9.25. The molecule has 7 nitrogen and oxygen atoms in total. The molecule has 27 heavy (non-hydrogen) atoms. The van der Waals surface area contributed by atoms with Gasteiger partial charge in [-0.15, -0.1) is 10.2 Å². The Morgan fingerprint density at radius 1 is 1.22 bits per heavy atom. The fourth-order valence-electron chi connectivity index (χ4n) is 2.98. The zero-order valence-electron chi connectivity index (χ0n) is 16.6. The lowest BCUT2D eigenvalue weighted by atomic mass is 10.2. The van der Waals surface area contributed by atoms with E-state index in [-0.39, 0.29) is 0 Å². The second-order valence-corrected chi connectivity index (χ2v) is 6.87. The Labute approximate surface area is 160 Å². The molecule has 0 radical (unpaired) electrons. The van der Waals surface area contributed by atoms with Crippen molar-refractivity contribution in [2.75, 3.05) is 13.7 Å². The molecule has 0 unspecified atom stereocenters. The Balaban J connectivity index is 1.76. The zero-order valence-corrected chi connectivity index (χ0v) is 16.6. The van der Waals surface area contributed by atoms with E-state index in [4.69, 9.17) is 14.1 Å². The van der Waals surface area contributed by atoms with Crippen LogP contribution in [0, 0.1) is 6.92 Å². The van der Waals surface area contributed by atoms with Crippen molar-refractivity contribution in [1.82, 2.24) is 24.6 Å². The molecule has 2 heterocycles. The average molecular weight is 369 g/mol. The molecule has 0 N–H and O–H groups in total. The van der Waals surface area contributed by atoms with Gasteiger partial charge in [0.25, 0.3) is 0 Å². The normalized spacial score (nSPS) is 11.5. The van der Waals surface area contributed by atoms with Crippen LogP contribution in [0.4, 0.5) is 0 Å². The van der Waals surface area contributed by atoms with E-state index in [9.17, 15) is 0 Å². The van der Waals surface area contributed by atoms with E-state index in [2.05, 4.69) is 33.5 Å². The monoisotopic (exact) mass is 369 g/mol. The maximum atomic E-state index is 5.93. The molecule has 0 aliphatic heterocycles. The van der Waals surface area contributed by atoms with Crippen molar-refractivity contribution in [3.05, 3.63) is 47.9 Å². The summed E-state index contributed by atoms with van der Waals surface area (Å²) in [5, 5.41) is 8.27. The predicted octanol–water partition coefficient (Wildman–Crippen LogP) is 3.85. The number of aromatic nitrogens is 4. The first-order chi connectivity index (χ1) is 13.0. The largest absolute Gasteiger partial charge is 0.493 e. The summed E-state index contributed by atoms with van der Waals surface area (Å²) in [4.78, 5) is 6.88. The van der Waals surface area contributed by atoms with Gasteiger partial charge in [-0.25, -0.2) is 4.98 Å². The minimum absolute atomic E-state index is 0.332. The van der Waals surface area contributed by atoms with E-state index in [0.29, 0.717) is 31.6 Å². The van der Waals surface area contributed by atoms with Crippen molar-refractivity contribution >= 4 is 0 Å². The van der Waals surface area contributed by atoms with Gasteiger partial charge in [-0.3, -0.25) is 4.90 Å². The van der Waals surface area contributed by atoms with Crippen LogP contribution in [0.15, 0.2) is 35.0 Å². The molecular weight excluding hydrogens is 342 g/mol. The highest BCUT2D eigenvalue weighted by molar-refractivity contribution is 5.63. The van der Waals surface area contributed by atoms with E-state index in [1.807, 2.05) is 45.2 Å². The Bertz CT molecular complexity index is 884. The summed E-state index contributed by atoms with van der Waals surface area (Å²) in [5.74, 6) is 3.13. The second kappa shape index (κ2) is 8.35. The molecule has 3 aromatic rings. The molecule has 144 valence electrons. The van der Waals surface area contributed by atoms with Gasteiger partial charge < -0.3 is 13.7 Å². The molecule has 7 heteroatoms. The molecule has 0 saturated carbocycles. The summed E-state index contributed by atoms with van der Waals surface area (Å²) in [5.41, 5.74) is 1.78. The standard InChI is InChI=1S/C20H27N5O2/c1-6-26-18-10-8-7-9-16(18)20-22-17(15(4)27-20)11-24(5)12-19-23-21-13-25(19)14(2)3/h7-10,13-14H,6,11-12H2,1-5H3. The minimum Gasteiger partial charge on any atom is -0.493 e. The molecule has 0 saturated heterocycles. The van der Waals surface area contributed by atoms with E-state index in [1.165, 1.54) is 0 Å². The van der Waals surface area contributed by atoms with Gasteiger partial charge in [-0.1, -0.05) is 12.1 Å². The van der Waals surface area contributed by atoms with Crippen molar-refractivity contribution in [1.29, 1.82) is 0 Å². The van der Waals surface area contributed by atoms with Crippen molar-refractivity contribution in [2.45, 2.75) is 46.8 Å². The summed E-state index contributed by atoms with van der Waals surface area (Å²) >= 11 is 0. The highest BCUT2D eigenvalue weighted by atomic mass is 16.5. The van der Waals surface area contributed by atoms with Crippen LogP contribution in [0.2, 0.25) is 0 Å². The highest BCUT2D eigenvalue weighted by Crippen LogP contribution is 2.30. The fraction of sp³-hybridized carbons (Fsp3) is 0.450. The van der Waals surface area contributed by atoms with E-state index < -0.39 is 0 Å². The van der Waals surface area contributed by atoms with E-state index in [0.717, 1.165) is 28.6 Å². The molecule has 0 aliphatic carbocycles. The van der Waals surface area contributed by atoms with Crippen LogP contribution in [-0.4, -0.2) is 38.3 Å². The third-order valence-corrected chi connectivity index (χ3v) is 4.34. The van der Waals surface area contributed by atoms with Gasteiger partial charge in [0.05, 0.1) is 24.4 Å². The van der Waals surface area contributed by atoms with Gasteiger partial charge >= 0.3 is 0 Å². The first-order valence-corrected chi connectivity index (χ1v) is 9.25. The van der Waals surface area contributed by atoms with Gasteiger partial charge in [0, 0.05) is 12.6 Å². The van der Waals surface area contributed by atoms with Crippen LogP contribution in [0.5, 0.6) is 5.75 Å². The smallest absolute Gasteiger partial charge is 0.230 e. The van der Waals surface area contributed by atoms with Crippen LogP contribution < -0.4 is 4.74 Å². The number of para-hydroxylation sites is 1. The number of aryl methyl sites for hydroxylation is 1. The van der Waals surface area contributed by atoms with Gasteiger partial charge in [0.15, 0.2) is 0 Å². The van der Waals surface area contributed by atoms with Crippen molar-refractivity contribution in [3.8, 4) is 17.2 Å². The molecule has 0 atom stereocenters. The second-order valence-electron chi connectivity index (χ2n) is 6.87. The van der Waals surface area contributed by atoms with Crippen LogP contribution in [-0.2, 0) is 13.1 Å². The Morgan fingerprint density at radius 3 is 2.74 bits per heavy atom. The van der Waals surface area contributed by atoms with Crippen LogP contribution in [0.1, 0.15) is 44.1 Å². The summed E-state index contributed by atoms with van der Waals surface area (Å²) in [7, 11) is 2.04. The van der Waals surface area contributed by atoms with Gasteiger partial charge in [-0.05, 0) is 46.9 Å². The maximum Gasteiger partial charge on any atom is 0.230 e. The fourth-order valence-corrected chi connectivity index (χ4v) is 2.98. The molecule has 3 rings (SSSR count). The Morgan fingerprint density at radius 2 is 2.00 bits per heavy atom. The SMILES string of the molecule is CCOc1ccccc1-c1nc(CN(C)Cc2nncn2C(C)C)c(C)o1. The van der Waals surface area contributed by atoms with Gasteiger partial charge in [-0.2, -0.15) is 0 Å². The van der Waals surface area contributed by atoms with Crippen LogP contribution in [0.3, 0.4) is 0 Å². The number of hydrogen-bond acceptors (Lipinski definition) is 6. The number of hydrogen-bond donors (Lipinski definition) is 0. The Kier molecular flexibility index (Phi) is 5.91. The van der Waals surface area contributed by atoms with Gasteiger partial charge in [0.1, 0.15) is 23.7 Å². The van der Waals surface area contributed by atoms with E-state index in [1.54, 1.807) is 6.33 Å². The molecule has 0 amide bonds. The molecule has 2 aromatic heterocycles. The van der Waals surface area contributed by atoms with Crippen molar-refractivity contribution in [2.24, 2.45) is 0 Å². The molecule has 0 aliphatic rings. The molecule has 0 spiro atoms. The minimum atomic E-state index is 0.332. The summed E-state index contributed by atoms with van der Waals surface area (Å²) < 4.78 is 13.7. The first kappa shape index (κ1) is 19.1. The quantitative estimate of drug-likeness (QED) is 0.601. The van der Waals surface area contributed by atoms with Crippen LogP contribution >= 0.6 is 0 Å². The van der Waals surface area contributed by atoms with Crippen molar-refractivity contribution < 1.29 is 9.15 Å². The number of oxazole rings is 1. The number of benzene rings is 1. The molecule has 0 bridgehead atoms. The topological polar surface area (TPSA) is 69.2 Å². The summed E-state index contributed by atoms with van der Waals surface area (Å²) in [6.45, 7) is 10.1. The zero-order chi connectivity index (χ0) is 19.4. The number of ether oxygens (including phenoxy) is 1. The maximum absolute atomic E-state index is 5.93. The van der Waals surface area contributed by atoms with Crippen molar-refractivity contribution in [3.63, 3.8) is 0 Å². The third-order valence-electron chi connectivity index (χ3n) is 4.34. The van der Waals surface area contributed by atoms with Crippen LogP contribution in [0.25, 0.3) is 11.5 Å². The van der Waals surface area contributed by atoms with E-state index >= 15 is 0 Å². The van der Waals surface area contributed by atoms with Gasteiger partial charge in [0.2, 0.25) is 5.89 Å². The highest BCUT2D eigenvalue weighted by Gasteiger charge is 2.17. The lowest BCUT2D eigenvalue weighted by Gasteiger charge is -2.17. The number of nitrogens with zero attached hydrogens (tertiary/aromatic N) is 5. The third kappa shape index (κ3) is 4.36. The average Bonchev–Trinajstić information content (AvgIpc) is 3.23. The Hall–Kier alpha value is -2.67. The summed E-state index contributed by atoms with van der Waals surface area (Å²) in [6.07, 6.45) is 1.78. The lowest BCUT2D eigenvalue weighted by Crippen LogP contribution is -2.21. The molecule has 0 fully saturated rings. The predicted molar refractivity (Wildman–Crippen MR) is 103 cm³/mol. The molecule has 1 aromatic carbocycles.